The first kappa shape index (κ1) is 20.1. The molecule has 1 amide bonds. The Bertz CT molecular complexity index is 1050. The first-order chi connectivity index (χ1) is 13.4. The maximum atomic E-state index is 12.3. The largest absolute Gasteiger partial charge is 0.457 e. The van der Waals surface area contributed by atoms with Crippen molar-refractivity contribution in [3.8, 4) is 11.5 Å². The second kappa shape index (κ2) is 9.03. The number of anilines is 1. The van der Waals surface area contributed by atoms with E-state index in [2.05, 4.69) is 21.2 Å². The molecule has 0 saturated carbocycles. The third kappa shape index (κ3) is 6.21. The molecule has 3 aromatic carbocycles. The zero-order valence-corrected chi connectivity index (χ0v) is 17.2. The number of amides is 1. The van der Waals surface area contributed by atoms with Crippen LogP contribution in [-0.2, 0) is 20.4 Å². The van der Waals surface area contributed by atoms with Crippen LogP contribution >= 0.6 is 15.9 Å². The highest BCUT2D eigenvalue weighted by atomic mass is 79.9. The van der Waals surface area contributed by atoms with Gasteiger partial charge in [0.05, 0.1) is 5.75 Å². The van der Waals surface area contributed by atoms with E-state index in [0.29, 0.717) is 22.7 Å². The quantitative estimate of drug-likeness (QED) is 0.550. The van der Waals surface area contributed by atoms with Crippen LogP contribution in [0.2, 0.25) is 0 Å². The first-order valence-electron chi connectivity index (χ1n) is 8.47. The van der Waals surface area contributed by atoms with E-state index in [4.69, 9.17) is 4.74 Å². The second-order valence-corrected chi connectivity index (χ2v) is 9.13. The first-order valence-corrected chi connectivity index (χ1v) is 11.1. The van der Waals surface area contributed by atoms with E-state index >= 15 is 0 Å². The highest BCUT2D eigenvalue weighted by molar-refractivity contribution is 9.10. The monoisotopic (exact) mass is 459 g/mol. The molecule has 0 aliphatic carbocycles. The van der Waals surface area contributed by atoms with E-state index in [1.165, 1.54) is 0 Å². The van der Waals surface area contributed by atoms with Gasteiger partial charge >= 0.3 is 0 Å². The lowest BCUT2D eigenvalue weighted by atomic mass is 10.2. The van der Waals surface area contributed by atoms with Gasteiger partial charge in [0.2, 0.25) is 5.91 Å². The van der Waals surface area contributed by atoms with Gasteiger partial charge in [-0.05, 0) is 42.0 Å². The number of ether oxygens (including phenoxy) is 1. The van der Waals surface area contributed by atoms with E-state index in [9.17, 15) is 13.2 Å². The molecule has 0 fully saturated rings. The minimum atomic E-state index is -3.58. The summed E-state index contributed by atoms with van der Waals surface area (Å²) in [6.07, 6.45) is 0. The van der Waals surface area contributed by atoms with Gasteiger partial charge < -0.3 is 10.1 Å². The smallest absolute Gasteiger partial charge is 0.239 e. The van der Waals surface area contributed by atoms with Crippen LogP contribution in [0.1, 0.15) is 5.56 Å². The molecule has 0 saturated heterocycles. The molecule has 3 aromatic rings. The van der Waals surface area contributed by atoms with E-state index in [1.54, 1.807) is 48.5 Å². The Morgan fingerprint density at radius 2 is 1.57 bits per heavy atom. The molecular formula is C21H18BrNO4S. The number of benzene rings is 3. The summed E-state index contributed by atoms with van der Waals surface area (Å²) < 4.78 is 31.2. The topological polar surface area (TPSA) is 72.5 Å². The van der Waals surface area contributed by atoms with Crippen molar-refractivity contribution in [2.45, 2.75) is 5.75 Å². The van der Waals surface area contributed by atoms with Crippen molar-refractivity contribution in [1.82, 2.24) is 0 Å². The van der Waals surface area contributed by atoms with Gasteiger partial charge in [0, 0.05) is 16.2 Å². The predicted molar refractivity (Wildman–Crippen MR) is 113 cm³/mol. The number of carbonyl (C=O) groups is 1. The van der Waals surface area contributed by atoms with Gasteiger partial charge in [-0.3, -0.25) is 4.79 Å². The normalized spacial score (nSPS) is 11.0. The molecule has 0 unspecified atom stereocenters. The molecular weight excluding hydrogens is 442 g/mol. The Morgan fingerprint density at radius 1 is 0.893 bits per heavy atom. The fourth-order valence-electron chi connectivity index (χ4n) is 2.54. The van der Waals surface area contributed by atoms with Gasteiger partial charge in [-0.25, -0.2) is 8.42 Å². The molecule has 0 aromatic heterocycles. The highest BCUT2D eigenvalue weighted by Crippen LogP contribution is 2.24. The van der Waals surface area contributed by atoms with Crippen LogP contribution in [0.3, 0.4) is 0 Å². The number of nitrogens with one attached hydrogen (secondary N) is 1. The maximum Gasteiger partial charge on any atom is 0.239 e. The summed E-state index contributed by atoms with van der Waals surface area (Å²) in [4.78, 5) is 12.2. The number of rotatable bonds is 7. The molecule has 0 heterocycles. The molecule has 0 aliphatic rings. The average Bonchev–Trinajstić information content (AvgIpc) is 2.64. The molecule has 1 N–H and O–H groups in total. The van der Waals surface area contributed by atoms with Crippen LogP contribution in [-0.4, -0.2) is 20.1 Å². The van der Waals surface area contributed by atoms with Gasteiger partial charge in [0.1, 0.15) is 17.3 Å². The zero-order chi connectivity index (χ0) is 20.0. The van der Waals surface area contributed by atoms with Gasteiger partial charge in [0.15, 0.2) is 9.84 Å². The number of hydrogen-bond donors (Lipinski definition) is 1. The molecule has 3 rings (SSSR count). The van der Waals surface area contributed by atoms with E-state index < -0.39 is 21.5 Å². The van der Waals surface area contributed by atoms with Crippen LogP contribution in [0.4, 0.5) is 5.69 Å². The van der Waals surface area contributed by atoms with Crippen molar-refractivity contribution in [3.05, 3.63) is 88.9 Å². The average molecular weight is 460 g/mol. The van der Waals surface area contributed by atoms with Crippen molar-refractivity contribution in [2.24, 2.45) is 0 Å². The predicted octanol–water partition coefficient (Wildman–Crippen LogP) is 4.79. The number of para-hydroxylation sites is 1. The number of hydrogen-bond acceptors (Lipinski definition) is 4. The molecule has 144 valence electrons. The molecule has 0 spiro atoms. The Hall–Kier alpha value is -2.64. The van der Waals surface area contributed by atoms with Crippen molar-refractivity contribution in [1.29, 1.82) is 0 Å². The third-order valence-corrected chi connectivity index (χ3v) is 5.75. The summed E-state index contributed by atoms with van der Waals surface area (Å²) in [5.41, 5.74) is 1.10. The number of halogens is 1. The Labute approximate surface area is 172 Å². The van der Waals surface area contributed by atoms with Gasteiger partial charge in [0.25, 0.3) is 0 Å². The van der Waals surface area contributed by atoms with E-state index in [-0.39, 0.29) is 5.75 Å². The fourth-order valence-corrected chi connectivity index (χ4v) is 4.08. The molecule has 7 heteroatoms. The van der Waals surface area contributed by atoms with Crippen LogP contribution in [0.15, 0.2) is 83.3 Å². The summed E-state index contributed by atoms with van der Waals surface area (Å²) in [7, 11) is -3.58. The standard InChI is InChI=1S/C21H18BrNO4S/c22-17-11-9-16(10-12-17)14-28(25,26)15-21(24)23-18-5-4-8-20(13-18)27-19-6-2-1-3-7-19/h1-13H,14-15H2,(H,23,24). The summed E-state index contributed by atoms with van der Waals surface area (Å²) in [5.74, 6) is -0.156. The minimum Gasteiger partial charge on any atom is -0.457 e. The van der Waals surface area contributed by atoms with Crippen LogP contribution in [0.5, 0.6) is 11.5 Å². The zero-order valence-electron chi connectivity index (χ0n) is 14.8. The lowest BCUT2D eigenvalue weighted by molar-refractivity contribution is -0.113. The van der Waals surface area contributed by atoms with E-state index in [1.807, 2.05) is 30.3 Å². The fraction of sp³-hybridized carbons (Fsp3) is 0.0952. The van der Waals surface area contributed by atoms with Crippen molar-refractivity contribution < 1.29 is 17.9 Å². The summed E-state index contributed by atoms with van der Waals surface area (Å²) in [5, 5.41) is 2.61. The van der Waals surface area contributed by atoms with Crippen molar-refractivity contribution in [2.75, 3.05) is 11.1 Å². The second-order valence-electron chi connectivity index (χ2n) is 6.15. The van der Waals surface area contributed by atoms with Gasteiger partial charge in [-0.2, -0.15) is 0 Å². The summed E-state index contributed by atoms with van der Waals surface area (Å²) in [6, 6.07) is 23.0. The molecule has 0 bridgehead atoms. The van der Waals surface area contributed by atoms with Crippen LogP contribution < -0.4 is 10.1 Å². The SMILES string of the molecule is O=C(CS(=O)(=O)Cc1ccc(Br)cc1)Nc1cccc(Oc2ccccc2)c1. The van der Waals surface area contributed by atoms with Crippen molar-refractivity contribution >= 4 is 37.4 Å². The molecule has 0 aliphatic heterocycles. The minimum absolute atomic E-state index is 0.190. The summed E-state index contributed by atoms with van der Waals surface area (Å²) in [6.45, 7) is 0. The van der Waals surface area contributed by atoms with Gasteiger partial charge in [-0.1, -0.05) is 52.3 Å². The van der Waals surface area contributed by atoms with Crippen LogP contribution in [0, 0.1) is 0 Å². The Kier molecular flexibility index (Phi) is 6.49. The summed E-state index contributed by atoms with van der Waals surface area (Å²) >= 11 is 3.31. The van der Waals surface area contributed by atoms with E-state index in [0.717, 1.165) is 4.47 Å². The van der Waals surface area contributed by atoms with Crippen molar-refractivity contribution in [3.63, 3.8) is 0 Å². The van der Waals surface area contributed by atoms with Gasteiger partial charge in [-0.15, -0.1) is 0 Å². The van der Waals surface area contributed by atoms with Crippen LogP contribution in [0.25, 0.3) is 0 Å². The number of sulfone groups is 1. The Balaban J connectivity index is 1.61. The third-order valence-electron chi connectivity index (χ3n) is 3.75. The molecule has 28 heavy (non-hydrogen) atoms. The molecule has 5 nitrogen and oxygen atoms in total. The maximum absolute atomic E-state index is 12.3. The lowest BCUT2D eigenvalue weighted by Crippen LogP contribution is -2.23. The lowest BCUT2D eigenvalue weighted by Gasteiger charge is -2.09. The Morgan fingerprint density at radius 3 is 2.29 bits per heavy atom. The highest BCUT2D eigenvalue weighted by Gasteiger charge is 2.18. The molecule has 0 atom stereocenters. The number of carbonyl (C=O) groups excluding carboxylic acids is 1. The molecule has 0 radical (unpaired) electrons.